The van der Waals surface area contributed by atoms with Crippen LogP contribution in [-0.4, -0.2) is 49.4 Å². The van der Waals surface area contributed by atoms with Crippen LogP contribution in [-0.2, 0) is 4.79 Å². The zero-order chi connectivity index (χ0) is 23.3. The summed E-state index contributed by atoms with van der Waals surface area (Å²) in [5.74, 6) is -2.23. The summed E-state index contributed by atoms with van der Waals surface area (Å²) in [5.41, 5.74) is 1.71. The second-order valence-electron chi connectivity index (χ2n) is 8.05. The minimum atomic E-state index is -5.19. The quantitative estimate of drug-likeness (QED) is 0.596. The molecular weight excluding hydrogens is 409 g/mol. The Morgan fingerprint density at radius 1 is 1.16 bits per heavy atom. The molecule has 8 heteroatoms. The number of ether oxygens (including phenoxy) is 1. The van der Waals surface area contributed by atoms with Crippen LogP contribution < -0.4 is 9.84 Å². The van der Waals surface area contributed by atoms with Crippen LogP contribution in [0.3, 0.4) is 0 Å². The Kier molecular flexibility index (Phi) is 11.4. The number of carbonyl (C=O) groups excluding carboxylic acids is 1. The van der Waals surface area contributed by atoms with Crippen LogP contribution in [0.4, 0.5) is 13.2 Å². The molecule has 31 heavy (non-hydrogen) atoms. The van der Waals surface area contributed by atoms with E-state index in [0.29, 0.717) is 12.2 Å². The molecule has 1 aliphatic rings. The fourth-order valence-corrected chi connectivity index (χ4v) is 3.86. The van der Waals surface area contributed by atoms with E-state index in [2.05, 4.69) is 13.0 Å². The second kappa shape index (κ2) is 13.2. The number of carboxylic acid groups (broad SMARTS) is 1. The van der Waals surface area contributed by atoms with E-state index in [9.17, 15) is 18.4 Å². The van der Waals surface area contributed by atoms with Gasteiger partial charge in [-0.1, -0.05) is 31.9 Å². The Balaban J connectivity index is 0.000000592. The van der Waals surface area contributed by atoms with Gasteiger partial charge >= 0.3 is 6.18 Å². The molecule has 1 aromatic rings. The van der Waals surface area contributed by atoms with Gasteiger partial charge in [-0.2, -0.15) is 18.4 Å². The Morgan fingerprint density at radius 3 is 2.26 bits per heavy atom. The van der Waals surface area contributed by atoms with Gasteiger partial charge in [0.05, 0.1) is 25.2 Å². The fraction of sp³-hybridized carbons (Fsp3) is 0.652. The Hall–Kier alpha value is -2.27. The Labute approximate surface area is 183 Å². The summed E-state index contributed by atoms with van der Waals surface area (Å²) in [4.78, 5) is 8.78. The van der Waals surface area contributed by atoms with Crippen molar-refractivity contribution < 1.29 is 32.3 Å². The molecule has 0 atom stereocenters. The number of unbranched alkanes of at least 4 members (excludes halogenated alkanes) is 1. The van der Waals surface area contributed by atoms with Gasteiger partial charge in [-0.25, -0.2) is 0 Å². The van der Waals surface area contributed by atoms with E-state index in [1.807, 2.05) is 25.1 Å². The minimum Gasteiger partial charge on any atom is -0.542 e. The van der Waals surface area contributed by atoms with Crippen molar-refractivity contribution in [2.24, 2.45) is 0 Å². The first-order valence-electron chi connectivity index (χ1n) is 10.9. The number of quaternary nitrogens is 1. The Morgan fingerprint density at radius 2 is 1.74 bits per heavy atom. The molecule has 1 heterocycles. The standard InChI is InChI=1S/C21H33N2O.C2HF3O2/c1-3-4-13-23(14-8-6-5-7-9-15-23)16-17-24-21-19(2)11-10-12-20(21)18-22;3-2(4,5)1(6)7/h10-12H,3-9,13-17H2,1-2H3;(H,6,7)/q+1;/p-1. The van der Waals surface area contributed by atoms with Crippen LogP contribution in [0.2, 0.25) is 0 Å². The number of aryl methyl sites for hydroxylation is 1. The first kappa shape index (κ1) is 26.8. The summed E-state index contributed by atoms with van der Waals surface area (Å²) in [5, 5.41) is 18.1. The van der Waals surface area contributed by atoms with Gasteiger partial charge in [0, 0.05) is 0 Å². The lowest BCUT2D eigenvalue weighted by Gasteiger charge is -2.40. The zero-order valence-corrected chi connectivity index (χ0v) is 18.5. The summed E-state index contributed by atoms with van der Waals surface area (Å²) >= 11 is 0. The molecule has 1 aliphatic heterocycles. The van der Waals surface area contributed by atoms with Gasteiger partial charge in [0.2, 0.25) is 0 Å². The summed E-state index contributed by atoms with van der Waals surface area (Å²) in [6.07, 6.45) is 4.21. The molecule has 1 saturated heterocycles. The number of nitrogens with zero attached hydrogens (tertiary/aromatic N) is 2. The highest BCUT2D eigenvalue weighted by atomic mass is 19.4. The summed E-state index contributed by atoms with van der Waals surface area (Å²) < 4.78 is 38.9. The van der Waals surface area contributed by atoms with Gasteiger partial charge in [0.25, 0.3) is 0 Å². The van der Waals surface area contributed by atoms with Crippen molar-refractivity contribution >= 4 is 5.97 Å². The molecule has 0 bridgehead atoms. The minimum absolute atomic E-state index is 0.655. The fourth-order valence-electron chi connectivity index (χ4n) is 3.86. The first-order chi connectivity index (χ1) is 14.6. The van der Waals surface area contributed by atoms with Gasteiger partial charge in [0.15, 0.2) is 0 Å². The number of benzene rings is 1. The normalized spacial score (nSPS) is 16.1. The molecule has 0 saturated carbocycles. The summed E-state index contributed by atoms with van der Waals surface area (Å²) in [7, 11) is 0. The highest BCUT2D eigenvalue weighted by Gasteiger charge is 2.29. The molecule has 1 aromatic carbocycles. The molecule has 0 unspecified atom stereocenters. The monoisotopic (exact) mass is 442 g/mol. The lowest BCUT2D eigenvalue weighted by molar-refractivity contribution is -0.929. The van der Waals surface area contributed by atoms with Crippen molar-refractivity contribution in [3.8, 4) is 11.8 Å². The lowest BCUT2D eigenvalue weighted by Crippen LogP contribution is -2.52. The average molecular weight is 443 g/mol. The largest absolute Gasteiger partial charge is 0.542 e. The molecule has 0 aromatic heterocycles. The van der Waals surface area contributed by atoms with E-state index < -0.39 is 12.1 Å². The molecule has 0 spiro atoms. The second-order valence-corrected chi connectivity index (χ2v) is 8.05. The molecule has 5 nitrogen and oxygen atoms in total. The number of para-hydroxylation sites is 1. The summed E-state index contributed by atoms with van der Waals surface area (Å²) in [6.45, 7) is 9.95. The van der Waals surface area contributed by atoms with E-state index in [4.69, 9.17) is 14.6 Å². The third kappa shape index (κ3) is 9.60. The highest BCUT2D eigenvalue weighted by molar-refractivity contribution is 5.70. The number of rotatable bonds is 7. The molecule has 0 radical (unpaired) electrons. The number of aliphatic carboxylic acids is 1. The predicted molar refractivity (Wildman–Crippen MR) is 110 cm³/mol. The number of alkyl halides is 3. The third-order valence-electron chi connectivity index (χ3n) is 5.63. The van der Waals surface area contributed by atoms with E-state index in [1.54, 1.807) is 0 Å². The van der Waals surface area contributed by atoms with E-state index in [1.165, 1.54) is 69.1 Å². The molecule has 174 valence electrons. The van der Waals surface area contributed by atoms with Crippen LogP contribution in [0, 0.1) is 18.3 Å². The zero-order valence-electron chi connectivity index (χ0n) is 18.5. The van der Waals surface area contributed by atoms with Crippen LogP contribution >= 0.6 is 0 Å². The van der Waals surface area contributed by atoms with Crippen molar-refractivity contribution in [2.75, 3.05) is 32.8 Å². The van der Waals surface area contributed by atoms with Gasteiger partial charge < -0.3 is 19.1 Å². The maximum Gasteiger partial charge on any atom is 0.430 e. The number of halogens is 3. The number of hydrogen-bond donors (Lipinski definition) is 0. The van der Waals surface area contributed by atoms with Crippen LogP contribution in [0.25, 0.3) is 0 Å². The Bertz CT molecular complexity index is 716. The molecule has 0 aliphatic carbocycles. The van der Waals surface area contributed by atoms with Gasteiger partial charge in [-0.15, -0.1) is 0 Å². The third-order valence-corrected chi connectivity index (χ3v) is 5.63. The van der Waals surface area contributed by atoms with E-state index >= 15 is 0 Å². The maximum absolute atomic E-state index is 10.5. The van der Waals surface area contributed by atoms with Crippen LogP contribution in [0.1, 0.15) is 63.0 Å². The van der Waals surface area contributed by atoms with E-state index in [0.717, 1.165) is 17.9 Å². The van der Waals surface area contributed by atoms with Crippen LogP contribution in [0.15, 0.2) is 18.2 Å². The maximum atomic E-state index is 10.5. The number of nitriles is 1. The van der Waals surface area contributed by atoms with E-state index in [-0.39, 0.29) is 0 Å². The smallest absolute Gasteiger partial charge is 0.430 e. The summed E-state index contributed by atoms with van der Waals surface area (Å²) in [6, 6.07) is 8.05. The van der Waals surface area contributed by atoms with Crippen molar-refractivity contribution in [3.05, 3.63) is 29.3 Å². The topological polar surface area (TPSA) is 73.1 Å². The molecule has 0 N–H and O–H groups in total. The molecule has 1 fully saturated rings. The van der Waals surface area contributed by atoms with Crippen molar-refractivity contribution in [1.29, 1.82) is 5.26 Å². The molecule has 2 rings (SSSR count). The first-order valence-corrected chi connectivity index (χ1v) is 10.9. The van der Waals surface area contributed by atoms with Gasteiger partial charge in [-0.05, 0) is 50.7 Å². The number of likely N-dealkylation sites (tertiary alicyclic amines) is 1. The molecule has 0 amide bonds. The van der Waals surface area contributed by atoms with Gasteiger partial charge in [-0.3, -0.25) is 0 Å². The number of carboxylic acids is 1. The average Bonchev–Trinajstić information content (AvgIpc) is 2.69. The van der Waals surface area contributed by atoms with Gasteiger partial charge in [0.1, 0.15) is 30.9 Å². The van der Waals surface area contributed by atoms with Crippen molar-refractivity contribution in [1.82, 2.24) is 0 Å². The predicted octanol–water partition coefficient (Wildman–Crippen LogP) is 4.13. The highest BCUT2D eigenvalue weighted by Crippen LogP contribution is 2.24. The lowest BCUT2D eigenvalue weighted by atomic mass is 10.1. The van der Waals surface area contributed by atoms with Crippen molar-refractivity contribution in [3.63, 3.8) is 0 Å². The number of carbonyl (C=O) groups is 1. The van der Waals surface area contributed by atoms with Crippen molar-refractivity contribution in [2.45, 2.75) is 65.0 Å². The SMILES string of the molecule is CCCC[N+]1(CCOc2c(C)cccc2C#N)CCCCCCC1.O=C([O-])C(F)(F)F. The molecular formula is C23H33F3N2O3. The number of hydrogen-bond acceptors (Lipinski definition) is 4. The van der Waals surface area contributed by atoms with Crippen LogP contribution in [0.5, 0.6) is 5.75 Å².